The van der Waals surface area contributed by atoms with E-state index in [9.17, 15) is 4.39 Å². The first-order valence-corrected chi connectivity index (χ1v) is 5.93. The molecule has 0 unspecified atom stereocenters. The third-order valence-electron chi connectivity index (χ3n) is 3.64. The number of methoxy groups -OCH3 is 1. The summed E-state index contributed by atoms with van der Waals surface area (Å²) in [6.07, 6.45) is 2.16. The molecule has 2 aliphatic heterocycles. The fourth-order valence-electron chi connectivity index (χ4n) is 2.68. The molecule has 2 heterocycles. The van der Waals surface area contributed by atoms with E-state index in [1.807, 2.05) is 0 Å². The van der Waals surface area contributed by atoms with E-state index in [2.05, 4.69) is 10.2 Å². The average Bonchev–Trinajstić information content (AvgIpc) is 2.30. The largest absolute Gasteiger partial charge is 0.378 e. The molecule has 0 saturated carbocycles. The lowest BCUT2D eigenvalue weighted by Gasteiger charge is -2.40. The van der Waals surface area contributed by atoms with Gasteiger partial charge in [0.05, 0.1) is 6.10 Å². The van der Waals surface area contributed by atoms with E-state index in [0.717, 1.165) is 38.9 Å². The molecule has 2 aliphatic rings. The zero-order valence-electron chi connectivity index (χ0n) is 9.42. The Balaban J connectivity index is 1.84. The third kappa shape index (κ3) is 2.68. The van der Waals surface area contributed by atoms with E-state index < -0.39 is 6.17 Å². The van der Waals surface area contributed by atoms with Gasteiger partial charge in [-0.1, -0.05) is 0 Å². The van der Waals surface area contributed by atoms with E-state index in [4.69, 9.17) is 4.74 Å². The summed E-state index contributed by atoms with van der Waals surface area (Å²) < 4.78 is 18.8. The van der Waals surface area contributed by atoms with Crippen LogP contribution in [0.5, 0.6) is 0 Å². The van der Waals surface area contributed by atoms with Crippen molar-refractivity contribution in [2.45, 2.75) is 37.6 Å². The van der Waals surface area contributed by atoms with Crippen molar-refractivity contribution in [1.82, 2.24) is 10.2 Å². The van der Waals surface area contributed by atoms with E-state index in [0.29, 0.717) is 12.6 Å². The van der Waals surface area contributed by atoms with Crippen LogP contribution in [0.4, 0.5) is 4.39 Å². The van der Waals surface area contributed by atoms with Gasteiger partial charge in [0.25, 0.3) is 0 Å². The van der Waals surface area contributed by atoms with Crippen LogP contribution in [0.3, 0.4) is 0 Å². The second-order valence-electron chi connectivity index (χ2n) is 4.55. The molecule has 3 nitrogen and oxygen atoms in total. The van der Waals surface area contributed by atoms with Crippen LogP contribution in [0.1, 0.15) is 19.3 Å². The third-order valence-corrected chi connectivity index (χ3v) is 3.64. The fourth-order valence-corrected chi connectivity index (χ4v) is 2.68. The van der Waals surface area contributed by atoms with Gasteiger partial charge >= 0.3 is 0 Å². The highest BCUT2D eigenvalue weighted by Gasteiger charge is 2.32. The van der Waals surface area contributed by atoms with E-state index >= 15 is 0 Å². The molecule has 2 atom stereocenters. The average molecular weight is 216 g/mol. The number of nitrogens with zero attached hydrogens (tertiary/aromatic N) is 1. The Kier molecular flexibility index (Phi) is 3.94. The van der Waals surface area contributed by atoms with Gasteiger partial charge in [-0.25, -0.2) is 4.39 Å². The minimum Gasteiger partial charge on any atom is -0.378 e. The molecule has 0 aliphatic carbocycles. The summed E-state index contributed by atoms with van der Waals surface area (Å²) in [6, 6.07) is 0.585. The second-order valence-corrected chi connectivity index (χ2v) is 4.55. The lowest BCUT2D eigenvalue weighted by Crippen LogP contribution is -2.52. The van der Waals surface area contributed by atoms with Crippen molar-refractivity contribution in [3.05, 3.63) is 0 Å². The molecular formula is C11H21FN2O. The predicted octanol–water partition coefficient (Wildman–Crippen LogP) is 0.797. The zero-order valence-corrected chi connectivity index (χ0v) is 9.42. The van der Waals surface area contributed by atoms with Gasteiger partial charge in [0.15, 0.2) is 0 Å². The van der Waals surface area contributed by atoms with Gasteiger partial charge in [-0.15, -0.1) is 0 Å². The molecule has 4 heteroatoms. The molecule has 2 saturated heterocycles. The maximum atomic E-state index is 13.7. The lowest BCUT2D eigenvalue weighted by atomic mass is 9.99. The summed E-state index contributed by atoms with van der Waals surface area (Å²) in [5.74, 6) is 0. The summed E-state index contributed by atoms with van der Waals surface area (Å²) in [7, 11) is 1.61. The molecule has 0 bridgehead atoms. The first-order valence-electron chi connectivity index (χ1n) is 5.93. The van der Waals surface area contributed by atoms with E-state index in [1.54, 1.807) is 7.11 Å². The smallest absolute Gasteiger partial charge is 0.139 e. The van der Waals surface area contributed by atoms with Crippen LogP contribution in [-0.4, -0.2) is 56.5 Å². The van der Waals surface area contributed by atoms with Crippen molar-refractivity contribution < 1.29 is 9.13 Å². The predicted molar refractivity (Wildman–Crippen MR) is 57.8 cm³/mol. The summed E-state index contributed by atoms with van der Waals surface area (Å²) in [6.45, 7) is 3.70. The van der Waals surface area contributed by atoms with Gasteiger partial charge in [-0.2, -0.15) is 0 Å². The summed E-state index contributed by atoms with van der Waals surface area (Å²) in [4.78, 5) is 2.31. The Morgan fingerprint density at radius 1 is 1.27 bits per heavy atom. The molecule has 0 amide bonds. The number of alkyl halides is 1. The quantitative estimate of drug-likeness (QED) is 0.739. The molecule has 1 N–H and O–H groups in total. The lowest BCUT2D eigenvalue weighted by molar-refractivity contribution is -0.0360. The van der Waals surface area contributed by atoms with Gasteiger partial charge in [0.1, 0.15) is 6.17 Å². The molecule has 15 heavy (non-hydrogen) atoms. The van der Waals surface area contributed by atoms with Crippen LogP contribution in [0.2, 0.25) is 0 Å². The maximum Gasteiger partial charge on any atom is 0.139 e. The van der Waals surface area contributed by atoms with Gasteiger partial charge in [0.2, 0.25) is 0 Å². The van der Waals surface area contributed by atoms with Gasteiger partial charge in [-0.3, -0.25) is 4.90 Å². The normalized spacial score (nSPS) is 35.6. The number of hydrogen-bond acceptors (Lipinski definition) is 3. The summed E-state index contributed by atoms with van der Waals surface area (Å²) in [5.41, 5.74) is 0. The topological polar surface area (TPSA) is 24.5 Å². The molecular weight excluding hydrogens is 195 g/mol. The Bertz CT molecular complexity index is 197. The number of nitrogens with one attached hydrogen (secondary N) is 1. The number of hydrogen-bond donors (Lipinski definition) is 1. The van der Waals surface area contributed by atoms with Crippen molar-refractivity contribution >= 4 is 0 Å². The number of halogens is 1. The van der Waals surface area contributed by atoms with Crippen LogP contribution in [-0.2, 0) is 4.74 Å². The first kappa shape index (κ1) is 11.3. The van der Waals surface area contributed by atoms with Gasteiger partial charge in [0, 0.05) is 26.2 Å². The highest BCUT2D eigenvalue weighted by molar-refractivity contribution is 4.86. The maximum absolute atomic E-state index is 13.7. The molecule has 0 radical (unpaired) electrons. The summed E-state index contributed by atoms with van der Waals surface area (Å²) in [5, 5.41) is 3.34. The molecule has 2 rings (SSSR count). The van der Waals surface area contributed by atoms with Gasteiger partial charge in [-0.05, 0) is 32.4 Å². The molecule has 0 aromatic rings. The van der Waals surface area contributed by atoms with Gasteiger partial charge < -0.3 is 10.1 Å². The van der Waals surface area contributed by atoms with Crippen molar-refractivity contribution in [1.29, 1.82) is 0 Å². The Morgan fingerprint density at radius 3 is 2.60 bits per heavy atom. The van der Waals surface area contributed by atoms with Crippen molar-refractivity contribution in [3.63, 3.8) is 0 Å². The SMILES string of the molecule is CO[C@H]1CCN(C2CCNCC2)C[C@H]1F. The first-order chi connectivity index (χ1) is 7.31. The zero-order chi connectivity index (χ0) is 10.7. The van der Waals surface area contributed by atoms with E-state index in [-0.39, 0.29) is 6.10 Å². The Morgan fingerprint density at radius 2 is 2.00 bits per heavy atom. The van der Waals surface area contributed by atoms with Crippen LogP contribution < -0.4 is 5.32 Å². The number of likely N-dealkylation sites (tertiary alicyclic amines) is 1. The molecule has 2 fully saturated rings. The van der Waals surface area contributed by atoms with E-state index in [1.165, 1.54) is 0 Å². The number of ether oxygens (including phenoxy) is 1. The van der Waals surface area contributed by atoms with Crippen LogP contribution >= 0.6 is 0 Å². The summed E-state index contributed by atoms with van der Waals surface area (Å²) >= 11 is 0. The second kappa shape index (κ2) is 5.23. The minimum atomic E-state index is -0.807. The highest BCUT2D eigenvalue weighted by atomic mass is 19.1. The fraction of sp³-hybridized carbons (Fsp3) is 1.00. The van der Waals surface area contributed by atoms with Crippen LogP contribution in [0, 0.1) is 0 Å². The monoisotopic (exact) mass is 216 g/mol. The Hall–Kier alpha value is -0.190. The highest BCUT2D eigenvalue weighted by Crippen LogP contribution is 2.21. The standard InChI is InChI=1S/C11H21FN2O/c1-15-11-4-7-14(8-10(11)12)9-2-5-13-6-3-9/h9-11,13H,2-8H2,1H3/t10-,11+/m1/s1. The van der Waals surface area contributed by atoms with Crippen molar-refractivity contribution in [2.75, 3.05) is 33.3 Å². The van der Waals surface area contributed by atoms with Crippen LogP contribution in [0.15, 0.2) is 0 Å². The number of rotatable bonds is 2. The molecule has 88 valence electrons. The Labute approximate surface area is 91.0 Å². The minimum absolute atomic E-state index is 0.178. The van der Waals surface area contributed by atoms with Crippen LogP contribution in [0.25, 0.3) is 0 Å². The van der Waals surface area contributed by atoms with Crippen molar-refractivity contribution in [2.24, 2.45) is 0 Å². The molecule has 0 aromatic carbocycles. The molecule has 0 spiro atoms. The van der Waals surface area contributed by atoms with Crippen molar-refractivity contribution in [3.8, 4) is 0 Å². The number of piperidine rings is 2. The molecule has 0 aromatic heterocycles.